The summed E-state index contributed by atoms with van der Waals surface area (Å²) in [5.74, 6) is -1.69. The minimum absolute atomic E-state index is 0.113. The number of hydrogen-bond acceptors (Lipinski definition) is 3. The predicted molar refractivity (Wildman–Crippen MR) is 86.7 cm³/mol. The zero-order valence-electron chi connectivity index (χ0n) is 14.0. The molecular weight excluding hydrogens is 290 g/mol. The molecule has 3 rings (SSSR count). The van der Waals surface area contributed by atoms with Crippen molar-refractivity contribution in [2.24, 2.45) is 23.7 Å². The van der Waals surface area contributed by atoms with Gasteiger partial charge in [-0.25, -0.2) is 0 Å². The molecule has 4 nitrogen and oxygen atoms in total. The standard InChI is InChI=1S/C19H25NO3/c1-10(2)14-6-4-5-11(3)17(14)20-18(21)15-12-7-8-13(9-12)16(15)19(22)23/h4-6,10,12-13,15-16H,7-9H2,1-3H3,(H,20,21)(H,22,23)/p-1/t12-,13+,15-,16+/m1/s1. The molecule has 124 valence electrons. The minimum Gasteiger partial charge on any atom is -0.550 e. The van der Waals surface area contributed by atoms with Crippen molar-refractivity contribution in [2.75, 3.05) is 5.32 Å². The Balaban J connectivity index is 1.87. The average Bonchev–Trinajstić information content (AvgIpc) is 3.09. The van der Waals surface area contributed by atoms with Crippen LogP contribution in [0.5, 0.6) is 0 Å². The lowest BCUT2D eigenvalue weighted by molar-refractivity contribution is -0.314. The maximum atomic E-state index is 12.8. The van der Waals surface area contributed by atoms with E-state index in [2.05, 4.69) is 19.2 Å². The van der Waals surface area contributed by atoms with Crippen molar-refractivity contribution < 1.29 is 14.7 Å². The van der Waals surface area contributed by atoms with Crippen molar-refractivity contribution in [3.63, 3.8) is 0 Å². The molecule has 2 aliphatic rings. The molecule has 0 heterocycles. The molecular formula is C19H24NO3-. The highest BCUT2D eigenvalue weighted by atomic mass is 16.4. The third-order valence-corrected chi connectivity index (χ3v) is 5.67. The summed E-state index contributed by atoms with van der Waals surface area (Å²) < 4.78 is 0. The molecule has 1 amide bonds. The van der Waals surface area contributed by atoms with Crippen LogP contribution in [-0.4, -0.2) is 11.9 Å². The van der Waals surface area contributed by atoms with Crippen LogP contribution in [0.3, 0.4) is 0 Å². The molecule has 1 N–H and O–H groups in total. The van der Waals surface area contributed by atoms with E-state index in [0.29, 0.717) is 5.92 Å². The summed E-state index contributed by atoms with van der Waals surface area (Å²) in [5, 5.41) is 14.6. The normalized spacial score (nSPS) is 29.0. The van der Waals surface area contributed by atoms with Gasteiger partial charge in [0, 0.05) is 23.5 Å². The summed E-state index contributed by atoms with van der Waals surface area (Å²) in [4.78, 5) is 24.4. The van der Waals surface area contributed by atoms with Crippen LogP contribution in [0.15, 0.2) is 18.2 Å². The quantitative estimate of drug-likeness (QED) is 0.928. The van der Waals surface area contributed by atoms with Crippen molar-refractivity contribution in [3.8, 4) is 0 Å². The van der Waals surface area contributed by atoms with E-state index in [1.54, 1.807) is 0 Å². The molecule has 0 unspecified atom stereocenters. The number of aryl methyl sites for hydroxylation is 1. The van der Waals surface area contributed by atoms with E-state index < -0.39 is 17.8 Å². The number of carboxylic acid groups (broad SMARTS) is 1. The van der Waals surface area contributed by atoms with Crippen LogP contribution in [0.2, 0.25) is 0 Å². The van der Waals surface area contributed by atoms with Gasteiger partial charge in [-0.2, -0.15) is 0 Å². The fourth-order valence-corrected chi connectivity index (χ4v) is 4.56. The first kappa shape index (κ1) is 16.0. The molecule has 1 aromatic carbocycles. The summed E-state index contributed by atoms with van der Waals surface area (Å²) in [6.45, 7) is 6.15. The number of para-hydroxylation sites is 1. The molecule has 0 radical (unpaired) electrons. The third-order valence-electron chi connectivity index (χ3n) is 5.67. The summed E-state index contributed by atoms with van der Waals surface area (Å²) in [6, 6.07) is 5.98. The lowest BCUT2D eigenvalue weighted by Gasteiger charge is -2.31. The molecule has 23 heavy (non-hydrogen) atoms. The van der Waals surface area contributed by atoms with Crippen LogP contribution in [0.4, 0.5) is 5.69 Å². The number of carbonyl (C=O) groups excluding carboxylic acids is 2. The first-order valence-electron chi connectivity index (χ1n) is 8.51. The molecule has 1 aromatic rings. The molecule has 0 aliphatic heterocycles. The van der Waals surface area contributed by atoms with E-state index >= 15 is 0 Å². The molecule has 2 bridgehead atoms. The number of benzene rings is 1. The third kappa shape index (κ3) is 2.75. The molecule has 4 atom stereocenters. The average molecular weight is 314 g/mol. The Labute approximate surface area is 137 Å². The summed E-state index contributed by atoms with van der Waals surface area (Å²) >= 11 is 0. The topological polar surface area (TPSA) is 69.2 Å². The SMILES string of the molecule is Cc1cccc(C(C)C)c1NC(=O)[C@@H]1[C@@H]2CC[C@@H](C2)[C@@H]1C(=O)[O-]. The number of carboxylic acids is 1. The lowest BCUT2D eigenvalue weighted by Crippen LogP contribution is -2.44. The number of anilines is 1. The van der Waals surface area contributed by atoms with Gasteiger partial charge in [0.2, 0.25) is 5.91 Å². The number of amides is 1. The Kier molecular flexibility index (Phi) is 4.17. The van der Waals surface area contributed by atoms with Crippen LogP contribution < -0.4 is 10.4 Å². The Bertz CT molecular complexity index is 638. The van der Waals surface area contributed by atoms with Gasteiger partial charge < -0.3 is 15.2 Å². The summed E-state index contributed by atoms with van der Waals surface area (Å²) in [5.41, 5.74) is 2.94. The second-order valence-corrected chi connectivity index (χ2v) is 7.39. The van der Waals surface area contributed by atoms with Crippen molar-refractivity contribution in [1.82, 2.24) is 0 Å². The molecule has 0 saturated heterocycles. The van der Waals surface area contributed by atoms with Gasteiger partial charge in [0.25, 0.3) is 0 Å². The van der Waals surface area contributed by atoms with Crippen molar-refractivity contribution >= 4 is 17.6 Å². The molecule has 2 fully saturated rings. The van der Waals surface area contributed by atoms with Crippen molar-refractivity contribution in [2.45, 2.75) is 46.0 Å². The Morgan fingerprint density at radius 1 is 1.17 bits per heavy atom. The molecule has 2 aliphatic carbocycles. The van der Waals surface area contributed by atoms with Gasteiger partial charge in [-0.05, 0) is 55.1 Å². The molecule has 4 heteroatoms. The number of nitrogens with one attached hydrogen (secondary N) is 1. The fourth-order valence-electron chi connectivity index (χ4n) is 4.56. The highest BCUT2D eigenvalue weighted by Crippen LogP contribution is 2.52. The van der Waals surface area contributed by atoms with Gasteiger partial charge in [0.05, 0.1) is 0 Å². The zero-order valence-corrected chi connectivity index (χ0v) is 14.0. The van der Waals surface area contributed by atoms with Gasteiger partial charge in [-0.3, -0.25) is 4.79 Å². The Morgan fingerprint density at radius 2 is 1.83 bits per heavy atom. The van der Waals surface area contributed by atoms with Crippen LogP contribution in [0, 0.1) is 30.6 Å². The Hall–Kier alpha value is -1.84. The largest absolute Gasteiger partial charge is 0.550 e. The lowest BCUT2D eigenvalue weighted by atomic mass is 9.78. The van der Waals surface area contributed by atoms with Crippen LogP contribution in [-0.2, 0) is 9.59 Å². The van der Waals surface area contributed by atoms with Crippen molar-refractivity contribution in [3.05, 3.63) is 29.3 Å². The van der Waals surface area contributed by atoms with E-state index in [-0.39, 0.29) is 17.7 Å². The van der Waals surface area contributed by atoms with Crippen LogP contribution >= 0.6 is 0 Å². The van der Waals surface area contributed by atoms with Gasteiger partial charge in [0.1, 0.15) is 0 Å². The summed E-state index contributed by atoms with van der Waals surface area (Å²) in [6.07, 6.45) is 2.72. The second kappa shape index (κ2) is 5.99. The van der Waals surface area contributed by atoms with Gasteiger partial charge in [-0.15, -0.1) is 0 Å². The number of aliphatic carboxylic acids is 1. The fraction of sp³-hybridized carbons (Fsp3) is 0.579. The number of hydrogen-bond donors (Lipinski definition) is 1. The van der Waals surface area contributed by atoms with Gasteiger partial charge >= 0.3 is 0 Å². The minimum atomic E-state index is -1.06. The number of carbonyl (C=O) groups is 2. The van der Waals surface area contributed by atoms with E-state index in [4.69, 9.17) is 0 Å². The first-order valence-corrected chi connectivity index (χ1v) is 8.51. The number of fused-ring (bicyclic) bond motifs is 2. The predicted octanol–water partition coefficient (Wildman–Crippen LogP) is 2.47. The van der Waals surface area contributed by atoms with Crippen LogP contribution in [0.25, 0.3) is 0 Å². The van der Waals surface area contributed by atoms with E-state index in [9.17, 15) is 14.7 Å². The van der Waals surface area contributed by atoms with E-state index in [0.717, 1.165) is 36.1 Å². The highest BCUT2D eigenvalue weighted by molar-refractivity contribution is 5.97. The van der Waals surface area contributed by atoms with Crippen LogP contribution in [0.1, 0.15) is 50.2 Å². The monoisotopic (exact) mass is 314 g/mol. The Morgan fingerprint density at radius 3 is 2.43 bits per heavy atom. The van der Waals surface area contributed by atoms with E-state index in [1.165, 1.54) is 0 Å². The maximum Gasteiger partial charge on any atom is 0.228 e. The smallest absolute Gasteiger partial charge is 0.228 e. The maximum absolute atomic E-state index is 12.8. The summed E-state index contributed by atoms with van der Waals surface area (Å²) in [7, 11) is 0. The van der Waals surface area contributed by atoms with Gasteiger partial charge in [0.15, 0.2) is 0 Å². The van der Waals surface area contributed by atoms with E-state index in [1.807, 2.05) is 25.1 Å². The van der Waals surface area contributed by atoms with Gasteiger partial charge in [-0.1, -0.05) is 32.0 Å². The molecule has 0 aromatic heterocycles. The zero-order chi connectivity index (χ0) is 16.7. The van der Waals surface area contributed by atoms with Crippen molar-refractivity contribution in [1.29, 1.82) is 0 Å². The highest BCUT2D eigenvalue weighted by Gasteiger charge is 2.51. The molecule has 0 spiro atoms. The number of rotatable bonds is 4. The molecule has 2 saturated carbocycles. The second-order valence-electron chi connectivity index (χ2n) is 7.39. The first-order chi connectivity index (χ1) is 10.9.